The molecule has 0 aliphatic carbocycles. The van der Waals surface area contributed by atoms with Gasteiger partial charge in [0.15, 0.2) is 0 Å². The molecule has 1 rings (SSSR count). The lowest BCUT2D eigenvalue weighted by Gasteiger charge is -2.53. The summed E-state index contributed by atoms with van der Waals surface area (Å²) in [4.78, 5) is 17.3. The Bertz CT molecular complexity index is 335. The average molecular weight is 287 g/mol. The molecular weight excluding hydrogens is 262 g/mol. The number of piperidine rings is 1. The zero-order valence-corrected chi connectivity index (χ0v) is 13.5. The minimum absolute atomic E-state index is 0.122. The molecule has 1 heterocycles. The van der Waals surface area contributed by atoms with Crippen LogP contribution in [0.15, 0.2) is 0 Å². The van der Waals surface area contributed by atoms with Crippen molar-refractivity contribution < 1.29 is 14.4 Å². The summed E-state index contributed by atoms with van der Waals surface area (Å²) in [7, 11) is 0. The van der Waals surface area contributed by atoms with Crippen molar-refractivity contribution in [2.45, 2.75) is 77.7 Å². The Morgan fingerprint density at radius 2 is 1.74 bits per heavy atom. The average Bonchev–Trinajstić information content (AvgIpc) is 2.22. The quantitative estimate of drug-likeness (QED) is 0.587. The van der Waals surface area contributed by atoms with Crippen molar-refractivity contribution in [3.8, 4) is 0 Å². The number of hydrogen-bond acceptors (Lipinski definition) is 5. The van der Waals surface area contributed by atoms with Gasteiger partial charge in [-0.1, -0.05) is 12.2 Å². The number of thiocarbonyl (C=S) groups is 1. The Morgan fingerprint density at radius 3 is 2.11 bits per heavy atom. The van der Waals surface area contributed by atoms with E-state index >= 15 is 0 Å². The fourth-order valence-corrected chi connectivity index (χ4v) is 3.00. The number of hydroxylamine groups is 2. The largest absolute Gasteiger partial charge is 0.458 e. The molecule has 5 heteroatoms. The highest BCUT2D eigenvalue weighted by Crippen LogP contribution is 2.40. The monoisotopic (exact) mass is 287 g/mol. The molecule has 1 fully saturated rings. The zero-order chi connectivity index (χ0) is 14.8. The Hall–Kier alpha value is -0.520. The van der Waals surface area contributed by atoms with Crippen LogP contribution in [0.25, 0.3) is 0 Å². The number of ether oxygens (including phenoxy) is 1. The standard InChI is InChI=1S/C14H25NO3S/c1-10(2)18-15-13(3,4)7-11(8-14(15,5)6)17-12(16)9-19/h9-11H,7-8H2,1-6H3. The molecule has 0 atom stereocenters. The van der Waals surface area contributed by atoms with Crippen LogP contribution in [0.4, 0.5) is 0 Å². The zero-order valence-electron chi connectivity index (χ0n) is 12.7. The van der Waals surface area contributed by atoms with E-state index in [0.717, 1.165) is 18.2 Å². The van der Waals surface area contributed by atoms with Crippen LogP contribution in [-0.2, 0) is 14.4 Å². The van der Waals surface area contributed by atoms with Crippen molar-refractivity contribution in [1.29, 1.82) is 0 Å². The molecule has 1 aliphatic rings. The van der Waals surface area contributed by atoms with Crippen molar-refractivity contribution in [3.05, 3.63) is 0 Å². The van der Waals surface area contributed by atoms with E-state index in [9.17, 15) is 4.79 Å². The van der Waals surface area contributed by atoms with E-state index in [1.165, 1.54) is 0 Å². The first-order valence-electron chi connectivity index (χ1n) is 6.71. The summed E-state index contributed by atoms with van der Waals surface area (Å²) < 4.78 is 5.38. The molecule has 0 unspecified atom stereocenters. The Kier molecular flexibility index (Phi) is 5.09. The lowest BCUT2D eigenvalue weighted by molar-refractivity contribution is -0.308. The summed E-state index contributed by atoms with van der Waals surface area (Å²) >= 11 is 4.60. The molecule has 4 nitrogen and oxygen atoms in total. The summed E-state index contributed by atoms with van der Waals surface area (Å²) in [5, 5.41) is 3.10. The highest BCUT2D eigenvalue weighted by Gasteiger charge is 2.48. The van der Waals surface area contributed by atoms with E-state index < -0.39 is 5.97 Å². The fourth-order valence-electron chi connectivity index (χ4n) is 2.94. The van der Waals surface area contributed by atoms with Gasteiger partial charge in [-0.2, -0.15) is 5.06 Å². The molecule has 1 aliphatic heterocycles. The number of nitrogens with zero attached hydrogens (tertiary/aromatic N) is 1. The maximum absolute atomic E-state index is 11.3. The minimum atomic E-state index is -0.426. The van der Waals surface area contributed by atoms with Gasteiger partial charge in [0.2, 0.25) is 0 Å². The van der Waals surface area contributed by atoms with Crippen molar-refractivity contribution >= 4 is 23.6 Å². The lowest BCUT2D eigenvalue weighted by atomic mass is 9.80. The maximum atomic E-state index is 11.3. The van der Waals surface area contributed by atoms with Crippen LogP contribution in [0.3, 0.4) is 0 Å². The SMILES string of the molecule is CC(C)ON1C(C)(C)CC(OC(=O)C=S)CC1(C)C. The molecule has 0 aromatic carbocycles. The molecule has 0 spiro atoms. The van der Waals surface area contributed by atoms with Crippen LogP contribution < -0.4 is 0 Å². The number of rotatable bonds is 4. The molecule has 0 radical (unpaired) electrons. The number of carbonyl (C=O) groups is 1. The van der Waals surface area contributed by atoms with Gasteiger partial charge < -0.3 is 4.74 Å². The van der Waals surface area contributed by atoms with Crippen molar-refractivity contribution in [2.24, 2.45) is 0 Å². The van der Waals surface area contributed by atoms with Crippen LogP contribution in [-0.4, -0.2) is 39.7 Å². The number of hydrogen-bond donors (Lipinski definition) is 0. The second-order valence-electron chi connectivity index (χ2n) is 6.66. The van der Waals surface area contributed by atoms with Gasteiger partial charge in [-0.25, -0.2) is 4.79 Å². The van der Waals surface area contributed by atoms with E-state index in [1.54, 1.807) is 0 Å². The van der Waals surface area contributed by atoms with Gasteiger partial charge in [0.05, 0.1) is 11.5 Å². The molecule has 1 saturated heterocycles. The smallest absolute Gasteiger partial charge is 0.341 e. The minimum Gasteiger partial charge on any atom is -0.458 e. The first-order valence-corrected chi connectivity index (χ1v) is 7.18. The number of esters is 1. The van der Waals surface area contributed by atoms with Gasteiger partial charge in [-0.05, 0) is 41.5 Å². The van der Waals surface area contributed by atoms with Gasteiger partial charge in [-0.15, -0.1) is 0 Å². The number of carbonyl (C=O) groups excluding carboxylic acids is 1. The van der Waals surface area contributed by atoms with Crippen LogP contribution in [0, 0.1) is 0 Å². The predicted molar refractivity (Wildman–Crippen MR) is 79.0 cm³/mol. The third-order valence-corrected chi connectivity index (χ3v) is 3.44. The molecule has 110 valence electrons. The summed E-state index contributed by atoms with van der Waals surface area (Å²) in [5.41, 5.74) is -0.392. The van der Waals surface area contributed by atoms with E-state index in [1.807, 2.05) is 18.9 Å². The molecule has 0 N–H and O–H groups in total. The first kappa shape index (κ1) is 16.5. The van der Waals surface area contributed by atoms with E-state index in [-0.39, 0.29) is 23.3 Å². The first-order chi connectivity index (χ1) is 8.58. The topological polar surface area (TPSA) is 38.8 Å². The predicted octanol–water partition coefficient (Wildman–Crippen LogP) is 2.89. The summed E-state index contributed by atoms with van der Waals surface area (Å²) in [6.45, 7) is 12.5. The van der Waals surface area contributed by atoms with Crippen LogP contribution >= 0.6 is 12.2 Å². The Balaban J connectivity index is 2.86. The van der Waals surface area contributed by atoms with Gasteiger partial charge in [0, 0.05) is 23.9 Å². The molecular formula is C14H25NO3S. The molecule has 19 heavy (non-hydrogen) atoms. The maximum Gasteiger partial charge on any atom is 0.341 e. The van der Waals surface area contributed by atoms with Gasteiger partial charge in [0.1, 0.15) is 6.10 Å². The molecule has 0 aromatic rings. The van der Waals surface area contributed by atoms with Gasteiger partial charge in [0.25, 0.3) is 0 Å². The third-order valence-electron chi connectivity index (χ3n) is 3.25. The second-order valence-corrected chi connectivity index (χ2v) is 6.89. The third kappa shape index (κ3) is 4.23. The van der Waals surface area contributed by atoms with E-state index in [2.05, 4.69) is 39.9 Å². The Labute approximate surface area is 121 Å². The Morgan fingerprint density at radius 1 is 1.26 bits per heavy atom. The molecule has 0 saturated carbocycles. The van der Waals surface area contributed by atoms with E-state index in [4.69, 9.17) is 9.57 Å². The highest BCUT2D eigenvalue weighted by atomic mass is 32.1. The van der Waals surface area contributed by atoms with E-state index in [0.29, 0.717) is 0 Å². The van der Waals surface area contributed by atoms with Crippen molar-refractivity contribution in [3.63, 3.8) is 0 Å². The molecule has 0 bridgehead atoms. The summed E-state index contributed by atoms with van der Waals surface area (Å²) in [5.74, 6) is -0.426. The van der Waals surface area contributed by atoms with Crippen molar-refractivity contribution in [2.75, 3.05) is 0 Å². The van der Waals surface area contributed by atoms with Crippen LogP contribution in [0.2, 0.25) is 0 Å². The van der Waals surface area contributed by atoms with Gasteiger partial charge >= 0.3 is 5.97 Å². The molecule has 0 aromatic heterocycles. The van der Waals surface area contributed by atoms with Crippen LogP contribution in [0.5, 0.6) is 0 Å². The van der Waals surface area contributed by atoms with Crippen LogP contribution in [0.1, 0.15) is 54.4 Å². The summed E-state index contributed by atoms with van der Waals surface area (Å²) in [6, 6.07) is 0. The summed E-state index contributed by atoms with van der Waals surface area (Å²) in [6.07, 6.45) is 1.47. The highest BCUT2D eigenvalue weighted by molar-refractivity contribution is 7.80. The lowest BCUT2D eigenvalue weighted by Crippen LogP contribution is -2.62. The fraction of sp³-hybridized carbons (Fsp3) is 0.857. The second kappa shape index (κ2) is 5.85. The van der Waals surface area contributed by atoms with Gasteiger partial charge in [-0.3, -0.25) is 4.84 Å². The van der Waals surface area contributed by atoms with Crippen molar-refractivity contribution in [1.82, 2.24) is 5.06 Å². The normalized spacial score (nSPS) is 23.3. The molecule has 0 amide bonds.